The quantitative estimate of drug-likeness (QED) is 0.460. The van der Waals surface area contributed by atoms with Crippen molar-refractivity contribution in [2.24, 2.45) is 0 Å². The van der Waals surface area contributed by atoms with Crippen LogP contribution in [0.5, 0.6) is 0 Å². The molecule has 120 valence electrons. The van der Waals surface area contributed by atoms with E-state index in [0.717, 1.165) is 20.8 Å². The molecule has 1 unspecified atom stereocenters. The Morgan fingerprint density at radius 3 is 2.14 bits per heavy atom. The fourth-order valence-corrected chi connectivity index (χ4v) is 1.84. The number of rotatable bonds is 5. The van der Waals surface area contributed by atoms with Gasteiger partial charge in [0.05, 0.1) is 0 Å². The molecule has 2 N–H and O–H groups in total. The predicted octanol–water partition coefficient (Wildman–Crippen LogP) is -1.51. The van der Waals surface area contributed by atoms with E-state index in [1.807, 2.05) is 0 Å². The monoisotopic (exact) mass is 306 g/mol. The summed E-state index contributed by atoms with van der Waals surface area (Å²) < 4.78 is 19.3. The highest BCUT2D eigenvalue weighted by Crippen LogP contribution is 2.32. The molecule has 0 spiro atoms. The maximum absolute atomic E-state index is 11.0. The summed E-state index contributed by atoms with van der Waals surface area (Å²) in [4.78, 5) is 32.6. The van der Waals surface area contributed by atoms with Crippen LogP contribution in [0.15, 0.2) is 0 Å². The zero-order valence-electron chi connectivity index (χ0n) is 11.9. The topological polar surface area (TPSA) is 129 Å². The molecule has 21 heavy (non-hydrogen) atoms. The standard InChI is InChI=1S/C12H18O9/c1-6(13)18-4-9-10(20-8(3)15)11(16)12(17,21-9)5-19-7(2)14/h9-11,16-17H,4-5H2,1-3H3/t9-,10-,11+,12?/m1/s1. The highest BCUT2D eigenvalue weighted by atomic mass is 16.7. The highest BCUT2D eigenvalue weighted by Gasteiger charge is 2.56. The average Bonchev–Trinajstić information content (AvgIpc) is 2.59. The number of ether oxygens (including phenoxy) is 4. The lowest BCUT2D eigenvalue weighted by Crippen LogP contribution is -2.48. The minimum Gasteiger partial charge on any atom is -0.463 e. The van der Waals surface area contributed by atoms with Crippen molar-refractivity contribution in [3.05, 3.63) is 0 Å². The summed E-state index contributed by atoms with van der Waals surface area (Å²) in [6.45, 7) is 2.39. The molecule has 1 aliphatic heterocycles. The lowest BCUT2D eigenvalue weighted by molar-refractivity contribution is -0.253. The number of aliphatic hydroxyl groups is 2. The van der Waals surface area contributed by atoms with Crippen LogP contribution in [0.1, 0.15) is 20.8 Å². The third kappa shape index (κ3) is 4.66. The van der Waals surface area contributed by atoms with Crippen LogP contribution < -0.4 is 0 Å². The first-order valence-electron chi connectivity index (χ1n) is 6.18. The molecule has 1 fully saturated rings. The van der Waals surface area contributed by atoms with Crippen molar-refractivity contribution in [2.45, 2.75) is 44.9 Å². The summed E-state index contributed by atoms with van der Waals surface area (Å²) >= 11 is 0. The molecule has 0 bridgehead atoms. The van der Waals surface area contributed by atoms with E-state index < -0.39 is 48.6 Å². The minimum atomic E-state index is -2.25. The number of esters is 3. The van der Waals surface area contributed by atoms with Crippen molar-refractivity contribution < 1.29 is 43.5 Å². The molecular formula is C12H18O9. The van der Waals surface area contributed by atoms with Gasteiger partial charge in [0, 0.05) is 20.8 Å². The van der Waals surface area contributed by atoms with Crippen molar-refractivity contribution in [1.82, 2.24) is 0 Å². The van der Waals surface area contributed by atoms with Gasteiger partial charge in [-0.1, -0.05) is 0 Å². The van der Waals surface area contributed by atoms with Crippen LogP contribution >= 0.6 is 0 Å². The Hall–Kier alpha value is -1.71. The van der Waals surface area contributed by atoms with Gasteiger partial charge in [-0.15, -0.1) is 0 Å². The van der Waals surface area contributed by atoms with E-state index in [1.54, 1.807) is 0 Å². The second kappa shape index (κ2) is 6.83. The van der Waals surface area contributed by atoms with Crippen molar-refractivity contribution in [2.75, 3.05) is 13.2 Å². The number of hydrogen-bond donors (Lipinski definition) is 2. The number of carbonyl (C=O) groups is 3. The van der Waals surface area contributed by atoms with Crippen molar-refractivity contribution in [1.29, 1.82) is 0 Å². The lowest BCUT2D eigenvalue weighted by atomic mass is 10.1. The third-order valence-electron chi connectivity index (χ3n) is 2.73. The van der Waals surface area contributed by atoms with Gasteiger partial charge < -0.3 is 29.2 Å². The summed E-state index contributed by atoms with van der Waals surface area (Å²) in [5, 5.41) is 20.2. The van der Waals surface area contributed by atoms with Crippen LogP contribution in [-0.2, 0) is 33.3 Å². The Bertz CT molecular complexity index is 421. The van der Waals surface area contributed by atoms with Gasteiger partial charge in [-0.3, -0.25) is 14.4 Å². The Morgan fingerprint density at radius 2 is 1.67 bits per heavy atom. The normalized spacial score (nSPS) is 31.6. The molecule has 9 heteroatoms. The van der Waals surface area contributed by atoms with Gasteiger partial charge in [0.25, 0.3) is 0 Å². The molecular weight excluding hydrogens is 288 g/mol. The van der Waals surface area contributed by atoms with E-state index in [2.05, 4.69) is 4.74 Å². The Labute approximate surface area is 120 Å². The smallest absolute Gasteiger partial charge is 0.303 e. The molecule has 1 aliphatic rings. The Kier molecular flexibility index (Phi) is 5.64. The van der Waals surface area contributed by atoms with E-state index in [9.17, 15) is 24.6 Å². The first-order valence-corrected chi connectivity index (χ1v) is 6.18. The maximum Gasteiger partial charge on any atom is 0.303 e. The zero-order chi connectivity index (χ0) is 16.2. The molecule has 1 rings (SSSR count). The van der Waals surface area contributed by atoms with Crippen LogP contribution in [0.4, 0.5) is 0 Å². The first-order chi connectivity index (χ1) is 9.65. The SMILES string of the molecule is CC(=O)OC[C@H]1OC(O)(COC(C)=O)[C@@H](O)[C@@H]1OC(C)=O. The van der Waals surface area contributed by atoms with Crippen LogP contribution in [-0.4, -0.2) is 65.4 Å². The van der Waals surface area contributed by atoms with Gasteiger partial charge in [0.1, 0.15) is 19.3 Å². The minimum absolute atomic E-state index is 0.341. The third-order valence-corrected chi connectivity index (χ3v) is 2.73. The van der Waals surface area contributed by atoms with E-state index in [0.29, 0.717) is 0 Å². The van der Waals surface area contributed by atoms with E-state index in [4.69, 9.17) is 14.2 Å². The molecule has 9 nitrogen and oxygen atoms in total. The number of carbonyl (C=O) groups excluding carboxylic acids is 3. The van der Waals surface area contributed by atoms with E-state index in [-0.39, 0.29) is 6.61 Å². The Morgan fingerprint density at radius 1 is 1.10 bits per heavy atom. The Balaban J connectivity index is 2.82. The van der Waals surface area contributed by atoms with Crippen LogP contribution in [0.3, 0.4) is 0 Å². The van der Waals surface area contributed by atoms with Gasteiger partial charge in [-0.05, 0) is 0 Å². The molecule has 0 aromatic carbocycles. The van der Waals surface area contributed by atoms with Gasteiger partial charge in [0.2, 0.25) is 5.79 Å². The molecule has 0 radical (unpaired) electrons. The van der Waals surface area contributed by atoms with Gasteiger partial charge in [0.15, 0.2) is 12.2 Å². The fourth-order valence-electron chi connectivity index (χ4n) is 1.84. The molecule has 0 aromatic rings. The summed E-state index contributed by atoms with van der Waals surface area (Å²) in [6.07, 6.45) is -4.02. The zero-order valence-corrected chi connectivity index (χ0v) is 11.9. The van der Waals surface area contributed by atoms with Crippen molar-refractivity contribution >= 4 is 17.9 Å². The summed E-state index contributed by atoms with van der Waals surface area (Å²) in [6, 6.07) is 0. The highest BCUT2D eigenvalue weighted by molar-refractivity contribution is 5.67. The van der Waals surface area contributed by atoms with Crippen LogP contribution in [0, 0.1) is 0 Å². The largest absolute Gasteiger partial charge is 0.463 e. The molecule has 0 saturated carbocycles. The fraction of sp³-hybridized carbons (Fsp3) is 0.750. The van der Waals surface area contributed by atoms with Crippen LogP contribution in [0.25, 0.3) is 0 Å². The predicted molar refractivity (Wildman–Crippen MR) is 64.6 cm³/mol. The van der Waals surface area contributed by atoms with Gasteiger partial charge in [-0.25, -0.2) is 0 Å². The second-order valence-electron chi connectivity index (χ2n) is 4.60. The maximum atomic E-state index is 11.0. The molecule has 4 atom stereocenters. The van der Waals surface area contributed by atoms with Crippen molar-refractivity contribution in [3.8, 4) is 0 Å². The number of hydrogen-bond acceptors (Lipinski definition) is 9. The van der Waals surface area contributed by atoms with Crippen molar-refractivity contribution in [3.63, 3.8) is 0 Å². The molecule has 0 amide bonds. The summed E-state index contributed by atoms with van der Waals surface area (Å²) in [5.74, 6) is -4.26. The van der Waals surface area contributed by atoms with Crippen LogP contribution in [0.2, 0.25) is 0 Å². The molecule has 1 saturated heterocycles. The molecule has 0 aromatic heterocycles. The average molecular weight is 306 g/mol. The van der Waals surface area contributed by atoms with E-state index >= 15 is 0 Å². The lowest BCUT2D eigenvalue weighted by Gasteiger charge is -2.25. The molecule has 1 heterocycles. The first kappa shape index (κ1) is 17.3. The van der Waals surface area contributed by atoms with E-state index in [1.165, 1.54) is 0 Å². The number of aliphatic hydroxyl groups excluding tert-OH is 1. The van der Waals surface area contributed by atoms with Gasteiger partial charge >= 0.3 is 17.9 Å². The van der Waals surface area contributed by atoms with Gasteiger partial charge in [-0.2, -0.15) is 0 Å². The summed E-state index contributed by atoms with van der Waals surface area (Å²) in [7, 11) is 0. The molecule has 0 aliphatic carbocycles. The summed E-state index contributed by atoms with van der Waals surface area (Å²) in [5.41, 5.74) is 0. The second-order valence-corrected chi connectivity index (χ2v) is 4.60.